The van der Waals surface area contributed by atoms with Crippen molar-refractivity contribution < 1.29 is 9.59 Å². The van der Waals surface area contributed by atoms with Crippen LogP contribution in [0.5, 0.6) is 0 Å². The molecular weight excluding hydrogens is 326 g/mol. The third-order valence-electron chi connectivity index (χ3n) is 4.89. The molecule has 0 saturated carbocycles. The molecule has 2 fully saturated rings. The number of piperidine rings is 1. The van der Waals surface area contributed by atoms with Crippen LogP contribution in [0.15, 0.2) is 24.3 Å². The van der Waals surface area contributed by atoms with E-state index in [2.05, 4.69) is 17.6 Å². The first-order chi connectivity index (χ1) is 11.1. The molecule has 2 atom stereocenters. The van der Waals surface area contributed by atoms with Crippen molar-refractivity contribution in [2.45, 2.75) is 38.6 Å². The highest BCUT2D eigenvalue weighted by molar-refractivity contribution is 5.96. The summed E-state index contributed by atoms with van der Waals surface area (Å²) in [5.74, 6) is 0.194. The summed E-state index contributed by atoms with van der Waals surface area (Å²) in [5.41, 5.74) is 1.45. The van der Waals surface area contributed by atoms with Crippen molar-refractivity contribution in [2.75, 3.05) is 25.0 Å². The van der Waals surface area contributed by atoms with Crippen LogP contribution < -0.4 is 10.6 Å². The lowest BCUT2D eigenvalue weighted by Gasteiger charge is -2.33. The third kappa shape index (κ3) is 4.28. The summed E-state index contributed by atoms with van der Waals surface area (Å²) in [6.07, 6.45) is 4.25. The lowest BCUT2D eigenvalue weighted by molar-refractivity contribution is -0.119. The van der Waals surface area contributed by atoms with Gasteiger partial charge in [0.05, 0.1) is 5.92 Å². The van der Waals surface area contributed by atoms with E-state index in [-0.39, 0.29) is 30.1 Å². The van der Waals surface area contributed by atoms with Gasteiger partial charge in [-0.2, -0.15) is 0 Å². The molecule has 1 aromatic carbocycles. The summed E-state index contributed by atoms with van der Waals surface area (Å²) in [5, 5.41) is 6.13. The number of rotatable bonds is 3. The maximum Gasteiger partial charge on any atom is 0.254 e. The van der Waals surface area contributed by atoms with Crippen molar-refractivity contribution in [1.29, 1.82) is 0 Å². The highest BCUT2D eigenvalue weighted by Crippen LogP contribution is 2.20. The summed E-state index contributed by atoms with van der Waals surface area (Å²) in [7, 11) is 0. The number of amides is 2. The predicted molar refractivity (Wildman–Crippen MR) is 97.6 cm³/mol. The maximum atomic E-state index is 12.6. The molecule has 0 aromatic heterocycles. The van der Waals surface area contributed by atoms with E-state index in [9.17, 15) is 9.59 Å². The monoisotopic (exact) mass is 351 g/mol. The molecule has 2 aliphatic heterocycles. The first kappa shape index (κ1) is 18.7. The smallest absolute Gasteiger partial charge is 0.254 e. The van der Waals surface area contributed by atoms with E-state index in [1.165, 1.54) is 6.42 Å². The van der Waals surface area contributed by atoms with Gasteiger partial charge in [0.15, 0.2) is 0 Å². The van der Waals surface area contributed by atoms with Crippen LogP contribution in [0, 0.1) is 5.92 Å². The Balaban J connectivity index is 0.00000208. The summed E-state index contributed by atoms with van der Waals surface area (Å²) in [6, 6.07) is 7.58. The number of likely N-dealkylation sites (tertiary alicyclic amines) is 1. The fourth-order valence-electron chi connectivity index (χ4n) is 3.38. The molecule has 2 heterocycles. The molecular formula is C18H26ClN3O2. The summed E-state index contributed by atoms with van der Waals surface area (Å²) in [4.78, 5) is 26.6. The standard InChI is InChI=1S/C18H25N3O2.ClH/c1-13-4-2-3-11-21(13)18(23)14-5-7-16(8-6-14)20-17(22)15-9-10-19-12-15;/h5-8,13,15,19H,2-4,9-12H2,1H3,(H,20,22);1H. The van der Waals surface area contributed by atoms with Gasteiger partial charge in [-0.05, 0) is 63.4 Å². The topological polar surface area (TPSA) is 61.4 Å². The lowest BCUT2D eigenvalue weighted by atomic mass is 10.0. The molecule has 0 aliphatic carbocycles. The number of carbonyl (C=O) groups excluding carboxylic acids is 2. The van der Waals surface area contributed by atoms with Gasteiger partial charge >= 0.3 is 0 Å². The summed E-state index contributed by atoms with van der Waals surface area (Å²) in [6.45, 7) is 4.60. The highest BCUT2D eigenvalue weighted by atomic mass is 35.5. The quantitative estimate of drug-likeness (QED) is 0.880. The van der Waals surface area contributed by atoms with Crippen molar-refractivity contribution in [2.24, 2.45) is 5.92 Å². The van der Waals surface area contributed by atoms with Gasteiger partial charge in [-0.3, -0.25) is 9.59 Å². The Morgan fingerprint density at radius 1 is 1.17 bits per heavy atom. The first-order valence-corrected chi connectivity index (χ1v) is 8.58. The summed E-state index contributed by atoms with van der Waals surface area (Å²) < 4.78 is 0. The van der Waals surface area contributed by atoms with Crippen molar-refractivity contribution in [3.8, 4) is 0 Å². The molecule has 1 aromatic rings. The fourth-order valence-corrected chi connectivity index (χ4v) is 3.38. The third-order valence-corrected chi connectivity index (χ3v) is 4.89. The van der Waals surface area contributed by atoms with Crippen LogP contribution in [0.1, 0.15) is 43.0 Å². The van der Waals surface area contributed by atoms with Crippen molar-refractivity contribution in [3.05, 3.63) is 29.8 Å². The van der Waals surface area contributed by atoms with Gasteiger partial charge in [-0.1, -0.05) is 0 Å². The Kier molecular flexibility index (Phi) is 6.63. The Bertz CT molecular complexity index is 570. The van der Waals surface area contributed by atoms with Crippen LogP contribution in [0.2, 0.25) is 0 Å². The van der Waals surface area contributed by atoms with E-state index in [1.54, 1.807) is 0 Å². The van der Waals surface area contributed by atoms with Gasteiger partial charge in [-0.15, -0.1) is 12.4 Å². The largest absolute Gasteiger partial charge is 0.336 e. The molecule has 2 amide bonds. The van der Waals surface area contributed by atoms with Crippen LogP contribution >= 0.6 is 12.4 Å². The van der Waals surface area contributed by atoms with E-state index < -0.39 is 0 Å². The average molecular weight is 352 g/mol. The zero-order valence-corrected chi connectivity index (χ0v) is 14.9. The minimum Gasteiger partial charge on any atom is -0.336 e. The maximum absolute atomic E-state index is 12.6. The number of hydrogen-bond acceptors (Lipinski definition) is 3. The Labute approximate surface area is 149 Å². The van der Waals surface area contributed by atoms with E-state index >= 15 is 0 Å². The number of carbonyl (C=O) groups is 2. The normalized spacial score (nSPS) is 23.5. The number of nitrogens with one attached hydrogen (secondary N) is 2. The van der Waals surface area contributed by atoms with E-state index in [4.69, 9.17) is 0 Å². The van der Waals surface area contributed by atoms with Gasteiger partial charge in [-0.25, -0.2) is 0 Å². The Morgan fingerprint density at radius 2 is 1.92 bits per heavy atom. The van der Waals surface area contributed by atoms with Gasteiger partial charge in [0.2, 0.25) is 5.91 Å². The van der Waals surface area contributed by atoms with Crippen LogP contribution in [-0.4, -0.2) is 42.4 Å². The zero-order chi connectivity index (χ0) is 16.2. The molecule has 0 radical (unpaired) electrons. The number of nitrogens with zero attached hydrogens (tertiary/aromatic N) is 1. The van der Waals surface area contributed by atoms with Gasteiger partial charge < -0.3 is 15.5 Å². The second kappa shape index (κ2) is 8.49. The predicted octanol–water partition coefficient (Wildman–Crippen LogP) is 2.67. The highest BCUT2D eigenvalue weighted by Gasteiger charge is 2.25. The van der Waals surface area contributed by atoms with Crippen LogP contribution in [-0.2, 0) is 4.79 Å². The van der Waals surface area contributed by atoms with E-state index in [0.717, 1.165) is 44.6 Å². The van der Waals surface area contributed by atoms with Crippen molar-refractivity contribution >= 4 is 29.9 Å². The minimum absolute atomic E-state index is 0. The Hall–Kier alpha value is -1.59. The molecule has 2 aliphatic rings. The second-order valence-electron chi connectivity index (χ2n) is 6.60. The second-order valence-corrected chi connectivity index (χ2v) is 6.60. The van der Waals surface area contributed by atoms with E-state index in [0.29, 0.717) is 11.6 Å². The molecule has 0 spiro atoms. The lowest BCUT2D eigenvalue weighted by Crippen LogP contribution is -2.42. The average Bonchev–Trinajstić information content (AvgIpc) is 3.10. The van der Waals surface area contributed by atoms with E-state index in [1.807, 2.05) is 29.2 Å². The molecule has 0 bridgehead atoms. The summed E-state index contributed by atoms with van der Waals surface area (Å²) >= 11 is 0. The molecule has 3 rings (SSSR count). The molecule has 2 unspecified atom stereocenters. The van der Waals surface area contributed by atoms with Crippen LogP contribution in [0.25, 0.3) is 0 Å². The molecule has 2 N–H and O–H groups in total. The SMILES string of the molecule is CC1CCCCN1C(=O)c1ccc(NC(=O)C2CCNC2)cc1.Cl. The molecule has 6 heteroatoms. The van der Waals surface area contributed by atoms with Gasteiger partial charge in [0.1, 0.15) is 0 Å². The van der Waals surface area contributed by atoms with Crippen molar-refractivity contribution in [3.63, 3.8) is 0 Å². The fraction of sp³-hybridized carbons (Fsp3) is 0.556. The number of hydrogen-bond donors (Lipinski definition) is 2. The number of anilines is 1. The van der Waals surface area contributed by atoms with Gasteiger partial charge in [0.25, 0.3) is 5.91 Å². The molecule has 132 valence electrons. The van der Waals surface area contributed by atoms with Crippen LogP contribution in [0.3, 0.4) is 0 Å². The van der Waals surface area contributed by atoms with Crippen LogP contribution in [0.4, 0.5) is 5.69 Å². The Morgan fingerprint density at radius 3 is 2.54 bits per heavy atom. The number of halogens is 1. The van der Waals surface area contributed by atoms with Gasteiger partial charge in [0, 0.05) is 30.4 Å². The minimum atomic E-state index is 0. The molecule has 2 saturated heterocycles. The zero-order valence-electron chi connectivity index (χ0n) is 14.1. The molecule has 5 nitrogen and oxygen atoms in total. The number of benzene rings is 1. The first-order valence-electron chi connectivity index (χ1n) is 8.58. The van der Waals surface area contributed by atoms with Crippen molar-refractivity contribution in [1.82, 2.24) is 10.2 Å². The molecule has 24 heavy (non-hydrogen) atoms.